The summed E-state index contributed by atoms with van der Waals surface area (Å²) in [7, 11) is 1.85. The Labute approximate surface area is 87.0 Å². The average molecular weight is 214 g/mol. The van der Waals surface area contributed by atoms with E-state index in [1.54, 1.807) is 11.3 Å². The zero-order valence-electron chi connectivity index (χ0n) is 8.23. The van der Waals surface area contributed by atoms with Crippen molar-refractivity contribution in [3.63, 3.8) is 0 Å². The minimum atomic E-state index is -0.967. The lowest BCUT2D eigenvalue weighted by Crippen LogP contribution is -2.41. The van der Waals surface area contributed by atoms with Crippen LogP contribution in [0.25, 0.3) is 0 Å². The van der Waals surface area contributed by atoms with E-state index >= 15 is 0 Å². The van der Waals surface area contributed by atoms with Gasteiger partial charge in [-0.25, -0.2) is 0 Å². The summed E-state index contributed by atoms with van der Waals surface area (Å²) in [5, 5.41) is 11.7. The van der Waals surface area contributed by atoms with Crippen molar-refractivity contribution < 1.29 is 9.90 Å². The van der Waals surface area contributed by atoms with E-state index in [0.717, 1.165) is 10.6 Å². The Morgan fingerprint density at radius 2 is 2.43 bits per heavy atom. The van der Waals surface area contributed by atoms with Gasteiger partial charge in [0, 0.05) is 13.6 Å². The number of carboxylic acids is 1. The predicted octanol–water partition coefficient (Wildman–Crippen LogP) is 0.905. The van der Waals surface area contributed by atoms with Gasteiger partial charge in [-0.3, -0.25) is 4.79 Å². The van der Waals surface area contributed by atoms with Gasteiger partial charge in [0.1, 0.15) is 6.04 Å². The molecule has 14 heavy (non-hydrogen) atoms. The molecule has 0 saturated heterocycles. The standard InChI is InChI=1S/C9H14N2O2S/c1-6-3-4-14-8(6)11(2)5-7(10)9(12)13/h3-4,7H,5,10H2,1-2H3,(H,12,13). The molecule has 0 bridgehead atoms. The molecule has 0 saturated carbocycles. The second-order valence-corrected chi connectivity index (χ2v) is 4.13. The van der Waals surface area contributed by atoms with Crippen molar-refractivity contribution in [2.24, 2.45) is 5.73 Å². The zero-order chi connectivity index (χ0) is 10.7. The van der Waals surface area contributed by atoms with Gasteiger partial charge in [0.05, 0.1) is 5.00 Å². The third kappa shape index (κ3) is 2.46. The van der Waals surface area contributed by atoms with Crippen LogP contribution in [0.5, 0.6) is 0 Å². The van der Waals surface area contributed by atoms with E-state index in [9.17, 15) is 4.79 Å². The minimum absolute atomic E-state index is 0.330. The lowest BCUT2D eigenvalue weighted by Gasteiger charge is -2.20. The van der Waals surface area contributed by atoms with Crippen LogP contribution >= 0.6 is 11.3 Å². The number of carboxylic acid groups (broad SMARTS) is 1. The highest BCUT2D eigenvalue weighted by atomic mass is 32.1. The molecule has 0 aliphatic carbocycles. The molecule has 0 fully saturated rings. The van der Waals surface area contributed by atoms with Crippen LogP contribution in [0.1, 0.15) is 5.56 Å². The third-order valence-corrected chi connectivity index (χ3v) is 3.10. The van der Waals surface area contributed by atoms with Gasteiger partial charge in [-0.2, -0.15) is 0 Å². The van der Waals surface area contributed by atoms with E-state index in [0.29, 0.717) is 6.54 Å². The molecule has 0 spiro atoms. The number of rotatable bonds is 4. The van der Waals surface area contributed by atoms with Gasteiger partial charge in [0.25, 0.3) is 0 Å². The summed E-state index contributed by atoms with van der Waals surface area (Å²) < 4.78 is 0. The van der Waals surface area contributed by atoms with Gasteiger partial charge in [-0.1, -0.05) is 0 Å². The number of anilines is 1. The number of likely N-dealkylation sites (N-methyl/N-ethyl adjacent to an activating group) is 1. The third-order valence-electron chi connectivity index (χ3n) is 1.97. The lowest BCUT2D eigenvalue weighted by molar-refractivity contribution is -0.138. The first kappa shape index (κ1) is 11.0. The Morgan fingerprint density at radius 3 is 2.86 bits per heavy atom. The Morgan fingerprint density at radius 1 is 1.79 bits per heavy atom. The van der Waals surface area contributed by atoms with Gasteiger partial charge in [-0.15, -0.1) is 11.3 Å². The van der Waals surface area contributed by atoms with Crippen molar-refractivity contribution in [1.82, 2.24) is 0 Å². The summed E-state index contributed by atoms with van der Waals surface area (Å²) in [5.41, 5.74) is 6.59. The Kier molecular flexibility index (Phi) is 3.49. The molecule has 1 aromatic rings. The average Bonchev–Trinajstić information content (AvgIpc) is 2.51. The van der Waals surface area contributed by atoms with E-state index in [1.165, 1.54) is 0 Å². The van der Waals surface area contributed by atoms with Crippen LogP contribution in [0.15, 0.2) is 11.4 Å². The second kappa shape index (κ2) is 4.43. The van der Waals surface area contributed by atoms with E-state index in [2.05, 4.69) is 0 Å². The SMILES string of the molecule is Cc1ccsc1N(C)CC(N)C(=O)O. The number of carbonyl (C=O) groups is 1. The highest BCUT2D eigenvalue weighted by Gasteiger charge is 2.15. The molecule has 0 radical (unpaired) electrons. The van der Waals surface area contributed by atoms with E-state index in [-0.39, 0.29) is 0 Å². The number of nitrogens with zero attached hydrogens (tertiary/aromatic N) is 1. The fourth-order valence-corrected chi connectivity index (χ4v) is 2.12. The Bertz CT molecular complexity index is 324. The van der Waals surface area contributed by atoms with Crippen LogP contribution in [0, 0.1) is 6.92 Å². The molecule has 1 aromatic heterocycles. The number of aryl methyl sites for hydroxylation is 1. The van der Waals surface area contributed by atoms with Crippen LogP contribution in [0.2, 0.25) is 0 Å². The van der Waals surface area contributed by atoms with Crippen LogP contribution < -0.4 is 10.6 Å². The number of nitrogens with two attached hydrogens (primary N) is 1. The van der Waals surface area contributed by atoms with Crippen molar-refractivity contribution in [2.45, 2.75) is 13.0 Å². The van der Waals surface area contributed by atoms with Gasteiger partial charge in [0.2, 0.25) is 0 Å². The summed E-state index contributed by atoms with van der Waals surface area (Å²) in [6, 6.07) is 1.17. The summed E-state index contributed by atoms with van der Waals surface area (Å²) in [6.45, 7) is 2.32. The molecule has 78 valence electrons. The minimum Gasteiger partial charge on any atom is -0.480 e. The summed E-state index contributed by atoms with van der Waals surface area (Å²) >= 11 is 1.59. The first-order chi connectivity index (χ1) is 6.52. The maximum atomic E-state index is 10.5. The zero-order valence-corrected chi connectivity index (χ0v) is 9.04. The van der Waals surface area contributed by atoms with Gasteiger partial charge in [-0.05, 0) is 23.9 Å². The maximum absolute atomic E-state index is 10.5. The molecule has 1 heterocycles. The molecule has 3 N–H and O–H groups in total. The highest BCUT2D eigenvalue weighted by molar-refractivity contribution is 7.14. The van der Waals surface area contributed by atoms with Crippen molar-refractivity contribution in [3.05, 3.63) is 17.0 Å². The largest absolute Gasteiger partial charge is 0.480 e. The number of hydrogen-bond donors (Lipinski definition) is 2. The molecule has 0 amide bonds. The van der Waals surface area contributed by atoms with Gasteiger partial charge < -0.3 is 15.7 Å². The first-order valence-corrected chi connectivity index (χ1v) is 5.14. The molecular weight excluding hydrogens is 200 g/mol. The smallest absolute Gasteiger partial charge is 0.322 e. The van der Waals surface area contributed by atoms with Gasteiger partial charge >= 0.3 is 5.97 Å². The van der Waals surface area contributed by atoms with Crippen LogP contribution in [0.4, 0.5) is 5.00 Å². The number of aliphatic carboxylic acids is 1. The molecule has 1 atom stereocenters. The van der Waals surface area contributed by atoms with Gasteiger partial charge in [0.15, 0.2) is 0 Å². The quantitative estimate of drug-likeness (QED) is 0.781. The highest BCUT2D eigenvalue weighted by Crippen LogP contribution is 2.25. The van der Waals surface area contributed by atoms with E-state index in [4.69, 9.17) is 10.8 Å². The first-order valence-electron chi connectivity index (χ1n) is 4.26. The van der Waals surface area contributed by atoms with Crippen molar-refractivity contribution >= 4 is 22.3 Å². The van der Waals surface area contributed by atoms with E-state index in [1.807, 2.05) is 30.3 Å². The van der Waals surface area contributed by atoms with Crippen molar-refractivity contribution in [1.29, 1.82) is 0 Å². The van der Waals surface area contributed by atoms with Crippen molar-refractivity contribution in [2.75, 3.05) is 18.5 Å². The van der Waals surface area contributed by atoms with Crippen LogP contribution in [0.3, 0.4) is 0 Å². The fourth-order valence-electron chi connectivity index (χ4n) is 1.21. The van der Waals surface area contributed by atoms with E-state index < -0.39 is 12.0 Å². The van der Waals surface area contributed by atoms with Crippen LogP contribution in [-0.4, -0.2) is 30.7 Å². The molecule has 0 aliphatic heterocycles. The number of thiophene rings is 1. The Balaban J connectivity index is 2.63. The predicted molar refractivity (Wildman–Crippen MR) is 57.9 cm³/mol. The fraction of sp³-hybridized carbons (Fsp3) is 0.444. The molecule has 1 rings (SSSR count). The molecular formula is C9H14N2O2S. The summed E-state index contributed by atoms with van der Waals surface area (Å²) in [5.74, 6) is -0.967. The van der Waals surface area contributed by atoms with Crippen LogP contribution in [-0.2, 0) is 4.79 Å². The molecule has 1 unspecified atom stereocenters. The normalized spacial score (nSPS) is 12.5. The maximum Gasteiger partial charge on any atom is 0.322 e. The summed E-state index contributed by atoms with van der Waals surface area (Å²) in [6.07, 6.45) is 0. The summed E-state index contributed by atoms with van der Waals surface area (Å²) in [4.78, 5) is 12.4. The second-order valence-electron chi connectivity index (χ2n) is 3.23. The van der Waals surface area contributed by atoms with Crippen molar-refractivity contribution in [3.8, 4) is 0 Å². The molecule has 4 nitrogen and oxygen atoms in total. The topological polar surface area (TPSA) is 66.6 Å². The molecule has 0 aliphatic rings. The molecule has 0 aromatic carbocycles. The lowest BCUT2D eigenvalue weighted by atomic mass is 10.3. The Hall–Kier alpha value is -1.07. The molecule has 5 heteroatoms. The number of hydrogen-bond acceptors (Lipinski definition) is 4. The monoisotopic (exact) mass is 214 g/mol.